The third-order valence-corrected chi connectivity index (χ3v) is 4.60. The van der Waals surface area contributed by atoms with Gasteiger partial charge in [0.1, 0.15) is 0 Å². The van der Waals surface area contributed by atoms with E-state index in [2.05, 4.69) is 35.0 Å². The highest BCUT2D eigenvalue weighted by atomic mass is 16.4. The molecule has 0 fully saturated rings. The first-order chi connectivity index (χ1) is 13.2. The molecule has 0 spiro atoms. The van der Waals surface area contributed by atoms with E-state index in [4.69, 9.17) is 0 Å². The van der Waals surface area contributed by atoms with Crippen LogP contribution in [0.25, 0.3) is 22.2 Å². The van der Waals surface area contributed by atoms with Crippen LogP contribution in [0.5, 0.6) is 0 Å². The van der Waals surface area contributed by atoms with Crippen molar-refractivity contribution in [2.24, 2.45) is 0 Å². The van der Waals surface area contributed by atoms with Crippen molar-refractivity contribution >= 4 is 22.4 Å². The molecule has 3 nitrogen and oxygen atoms in total. The van der Waals surface area contributed by atoms with Crippen LogP contribution < -0.4 is 0 Å². The lowest BCUT2D eigenvalue weighted by Gasteiger charge is -2.07. The third kappa shape index (κ3) is 3.40. The molecule has 0 aliphatic heterocycles. The molecule has 0 saturated heterocycles. The van der Waals surface area contributed by atoms with Gasteiger partial charge in [-0.1, -0.05) is 72.8 Å². The Balaban J connectivity index is 1.96. The normalized spacial score (nSPS) is 11.6. The van der Waals surface area contributed by atoms with Gasteiger partial charge in [-0.3, -0.25) is 4.79 Å². The molecule has 0 unspecified atom stereocenters. The number of nitrogens with zero attached hydrogens (tertiary/aromatic N) is 1. The summed E-state index contributed by atoms with van der Waals surface area (Å²) in [4.78, 5) is 11.2. The number of aliphatic carboxylic acids is 1. The summed E-state index contributed by atoms with van der Waals surface area (Å²) in [6.07, 6.45) is 3.88. The molecule has 0 atom stereocenters. The molecule has 0 radical (unpaired) electrons. The van der Waals surface area contributed by atoms with Gasteiger partial charge in [-0.05, 0) is 29.3 Å². The Morgan fingerprint density at radius 3 is 2.19 bits per heavy atom. The molecular weight excluding hydrogens is 334 g/mol. The Morgan fingerprint density at radius 1 is 0.852 bits per heavy atom. The van der Waals surface area contributed by atoms with E-state index in [0.29, 0.717) is 0 Å². The van der Waals surface area contributed by atoms with Gasteiger partial charge < -0.3 is 9.67 Å². The highest BCUT2D eigenvalue weighted by Gasteiger charge is 2.14. The smallest absolute Gasteiger partial charge is 0.307 e. The van der Waals surface area contributed by atoms with Crippen molar-refractivity contribution in [2.45, 2.75) is 6.42 Å². The average molecular weight is 353 g/mol. The molecule has 0 aliphatic carbocycles. The van der Waals surface area contributed by atoms with Crippen molar-refractivity contribution in [2.75, 3.05) is 0 Å². The van der Waals surface area contributed by atoms with Crippen molar-refractivity contribution in [3.8, 4) is 5.69 Å². The summed E-state index contributed by atoms with van der Waals surface area (Å²) in [7, 11) is 0. The standard InChI is InChI=1S/C24H19NO2/c26-24(27)16-15-20(18-9-3-1-4-10-18)22-17-25(19-11-5-2-6-12-19)23-14-8-7-13-21(22)23/h1-15,17H,16H2,(H,26,27). The maximum atomic E-state index is 11.2. The molecule has 0 aliphatic rings. The van der Waals surface area contributed by atoms with Crippen molar-refractivity contribution in [1.29, 1.82) is 0 Å². The van der Waals surface area contributed by atoms with Crippen molar-refractivity contribution in [3.63, 3.8) is 0 Å². The molecule has 3 aromatic carbocycles. The summed E-state index contributed by atoms with van der Waals surface area (Å²) < 4.78 is 2.15. The monoisotopic (exact) mass is 353 g/mol. The zero-order valence-corrected chi connectivity index (χ0v) is 14.7. The van der Waals surface area contributed by atoms with Gasteiger partial charge in [0.15, 0.2) is 0 Å². The molecule has 4 aromatic rings. The van der Waals surface area contributed by atoms with Crippen LogP contribution in [0.1, 0.15) is 17.5 Å². The van der Waals surface area contributed by atoms with Crippen LogP contribution in [0.3, 0.4) is 0 Å². The van der Waals surface area contributed by atoms with Gasteiger partial charge >= 0.3 is 5.97 Å². The second-order valence-corrected chi connectivity index (χ2v) is 6.35. The summed E-state index contributed by atoms with van der Waals surface area (Å²) >= 11 is 0. The Kier molecular flexibility index (Phi) is 4.58. The number of carboxylic acids is 1. The first kappa shape index (κ1) is 16.9. The number of para-hydroxylation sites is 2. The molecule has 1 heterocycles. The summed E-state index contributed by atoms with van der Waals surface area (Å²) in [5, 5.41) is 10.3. The molecule has 3 heteroatoms. The number of hydrogen-bond acceptors (Lipinski definition) is 1. The predicted molar refractivity (Wildman–Crippen MR) is 109 cm³/mol. The van der Waals surface area contributed by atoms with Crippen molar-refractivity contribution in [3.05, 3.63) is 108 Å². The number of aromatic nitrogens is 1. The Labute approximate surface area is 157 Å². The lowest BCUT2D eigenvalue weighted by molar-refractivity contribution is -0.135. The maximum Gasteiger partial charge on any atom is 0.307 e. The van der Waals surface area contributed by atoms with Gasteiger partial charge in [0.05, 0.1) is 11.9 Å². The SMILES string of the molecule is O=C(O)CC=C(c1ccccc1)c1cn(-c2ccccc2)c2ccccc12. The minimum atomic E-state index is -0.838. The van der Waals surface area contributed by atoms with Crippen LogP contribution in [0.4, 0.5) is 0 Å². The third-order valence-electron chi connectivity index (χ3n) is 4.60. The van der Waals surface area contributed by atoms with E-state index in [1.807, 2.05) is 60.7 Å². The zero-order valence-electron chi connectivity index (χ0n) is 14.7. The summed E-state index contributed by atoms with van der Waals surface area (Å²) in [6.45, 7) is 0. The minimum absolute atomic E-state index is 0.0188. The number of carbonyl (C=O) groups is 1. The molecule has 132 valence electrons. The fourth-order valence-electron chi connectivity index (χ4n) is 3.39. The first-order valence-electron chi connectivity index (χ1n) is 8.87. The van der Waals surface area contributed by atoms with Crippen LogP contribution in [0.15, 0.2) is 97.2 Å². The van der Waals surface area contributed by atoms with Crippen LogP contribution >= 0.6 is 0 Å². The van der Waals surface area contributed by atoms with Crippen molar-refractivity contribution in [1.82, 2.24) is 4.57 Å². The lowest BCUT2D eigenvalue weighted by Crippen LogP contribution is -1.94. The topological polar surface area (TPSA) is 42.2 Å². The van der Waals surface area contributed by atoms with Crippen LogP contribution in [0.2, 0.25) is 0 Å². The molecular formula is C24H19NO2. The Bertz CT molecular complexity index is 1110. The highest BCUT2D eigenvalue weighted by Crippen LogP contribution is 2.33. The van der Waals surface area contributed by atoms with E-state index >= 15 is 0 Å². The van der Waals surface area contributed by atoms with E-state index in [0.717, 1.165) is 33.3 Å². The second-order valence-electron chi connectivity index (χ2n) is 6.35. The summed E-state index contributed by atoms with van der Waals surface area (Å²) in [5.41, 5.74) is 5.14. The number of hydrogen-bond donors (Lipinski definition) is 1. The van der Waals surface area contributed by atoms with Crippen LogP contribution in [0, 0.1) is 0 Å². The largest absolute Gasteiger partial charge is 0.481 e. The lowest BCUT2D eigenvalue weighted by atomic mass is 9.96. The summed E-state index contributed by atoms with van der Waals surface area (Å²) in [6, 6.07) is 28.3. The molecule has 4 rings (SSSR count). The second kappa shape index (κ2) is 7.34. The molecule has 0 bridgehead atoms. The van der Waals surface area contributed by atoms with Gasteiger partial charge in [0, 0.05) is 22.8 Å². The fourth-order valence-corrected chi connectivity index (χ4v) is 3.39. The fraction of sp³-hybridized carbons (Fsp3) is 0.0417. The maximum absolute atomic E-state index is 11.2. The molecule has 1 aromatic heterocycles. The molecule has 1 N–H and O–H groups in total. The molecule has 27 heavy (non-hydrogen) atoms. The van der Waals surface area contributed by atoms with E-state index in [-0.39, 0.29) is 6.42 Å². The number of benzene rings is 3. The number of fused-ring (bicyclic) bond motifs is 1. The minimum Gasteiger partial charge on any atom is -0.481 e. The van der Waals surface area contributed by atoms with Crippen LogP contribution in [-0.4, -0.2) is 15.6 Å². The highest BCUT2D eigenvalue weighted by molar-refractivity contribution is 5.98. The van der Waals surface area contributed by atoms with Crippen LogP contribution in [-0.2, 0) is 4.79 Å². The van der Waals surface area contributed by atoms with Crippen molar-refractivity contribution < 1.29 is 9.90 Å². The molecule has 0 saturated carbocycles. The molecule has 0 amide bonds. The van der Waals surface area contributed by atoms with Gasteiger partial charge in [0.25, 0.3) is 0 Å². The first-order valence-corrected chi connectivity index (χ1v) is 8.87. The van der Waals surface area contributed by atoms with Gasteiger partial charge in [-0.25, -0.2) is 0 Å². The quantitative estimate of drug-likeness (QED) is 0.512. The van der Waals surface area contributed by atoms with Gasteiger partial charge in [-0.2, -0.15) is 0 Å². The van der Waals surface area contributed by atoms with E-state index in [1.54, 1.807) is 6.08 Å². The Morgan fingerprint density at radius 2 is 1.48 bits per heavy atom. The van der Waals surface area contributed by atoms with E-state index in [1.165, 1.54) is 0 Å². The number of rotatable bonds is 5. The predicted octanol–water partition coefficient (Wildman–Crippen LogP) is 5.54. The average Bonchev–Trinajstić information content (AvgIpc) is 3.09. The number of carboxylic acid groups (broad SMARTS) is 1. The Hall–Kier alpha value is -3.59. The van der Waals surface area contributed by atoms with E-state index < -0.39 is 5.97 Å². The van der Waals surface area contributed by atoms with E-state index in [9.17, 15) is 9.90 Å². The van der Waals surface area contributed by atoms with Gasteiger partial charge in [-0.15, -0.1) is 0 Å². The summed E-state index contributed by atoms with van der Waals surface area (Å²) in [5.74, 6) is -0.838. The van der Waals surface area contributed by atoms with Gasteiger partial charge in [0.2, 0.25) is 0 Å². The zero-order chi connectivity index (χ0) is 18.6.